The zero-order valence-corrected chi connectivity index (χ0v) is 10.8. The molecule has 0 aliphatic carbocycles. The van der Waals surface area contributed by atoms with Gasteiger partial charge in [-0.3, -0.25) is 0 Å². The molecule has 2 N–H and O–H groups in total. The molecule has 0 bridgehead atoms. The number of likely N-dealkylation sites (N-methyl/N-ethyl adjacent to an activating group) is 1. The first kappa shape index (κ1) is 12.9. The van der Waals surface area contributed by atoms with E-state index in [1.807, 2.05) is 7.05 Å². The van der Waals surface area contributed by atoms with Crippen LogP contribution in [0.15, 0.2) is 42.5 Å². The number of fused-ring (bicyclic) bond motifs is 1. The molecule has 0 aliphatic rings. The van der Waals surface area contributed by atoms with Crippen LogP contribution in [0.3, 0.4) is 0 Å². The second-order valence-electron chi connectivity index (χ2n) is 4.48. The molecule has 0 unspecified atom stereocenters. The smallest absolute Gasteiger partial charge is 0.0558 e. The topological polar surface area (TPSA) is 35.5 Å². The largest absolute Gasteiger partial charge is 0.395 e. The Morgan fingerprint density at radius 3 is 2.67 bits per heavy atom. The minimum absolute atomic E-state index is 0.213. The van der Waals surface area contributed by atoms with Crippen molar-refractivity contribution in [2.75, 3.05) is 38.6 Å². The summed E-state index contributed by atoms with van der Waals surface area (Å²) in [5.74, 6) is 0. The van der Waals surface area contributed by atoms with E-state index in [1.54, 1.807) is 0 Å². The molecule has 0 saturated carbocycles. The molecule has 0 atom stereocenters. The van der Waals surface area contributed by atoms with E-state index < -0.39 is 0 Å². The molecule has 3 heteroatoms. The fourth-order valence-electron chi connectivity index (χ4n) is 2.04. The van der Waals surface area contributed by atoms with Gasteiger partial charge in [-0.2, -0.15) is 0 Å². The SMILES string of the molecule is CN(CCO)CCNc1cccc2ccccc12. The molecular formula is C15H20N2O. The minimum Gasteiger partial charge on any atom is -0.395 e. The van der Waals surface area contributed by atoms with Crippen LogP contribution in [0.1, 0.15) is 0 Å². The van der Waals surface area contributed by atoms with Crippen LogP contribution in [-0.4, -0.2) is 43.3 Å². The molecule has 0 fully saturated rings. The van der Waals surface area contributed by atoms with Gasteiger partial charge in [-0.25, -0.2) is 0 Å². The van der Waals surface area contributed by atoms with Gasteiger partial charge in [-0.05, 0) is 18.5 Å². The predicted octanol–water partition coefficient (Wildman–Crippen LogP) is 2.18. The second kappa shape index (κ2) is 6.38. The van der Waals surface area contributed by atoms with Gasteiger partial charge in [0.1, 0.15) is 0 Å². The van der Waals surface area contributed by atoms with E-state index in [9.17, 15) is 0 Å². The van der Waals surface area contributed by atoms with Crippen molar-refractivity contribution in [3.05, 3.63) is 42.5 Å². The molecule has 0 aliphatic heterocycles. The van der Waals surface area contributed by atoms with E-state index in [-0.39, 0.29) is 6.61 Å². The molecule has 0 amide bonds. The zero-order valence-electron chi connectivity index (χ0n) is 10.8. The summed E-state index contributed by atoms with van der Waals surface area (Å²) in [4.78, 5) is 2.11. The van der Waals surface area contributed by atoms with Crippen LogP contribution in [-0.2, 0) is 0 Å². The number of rotatable bonds is 6. The second-order valence-corrected chi connectivity index (χ2v) is 4.48. The van der Waals surface area contributed by atoms with Gasteiger partial charge < -0.3 is 15.3 Å². The Morgan fingerprint density at radius 2 is 1.83 bits per heavy atom. The summed E-state index contributed by atoms with van der Waals surface area (Å²) in [6.45, 7) is 2.73. The Labute approximate surface area is 108 Å². The minimum atomic E-state index is 0.213. The summed E-state index contributed by atoms with van der Waals surface area (Å²) in [7, 11) is 2.01. The van der Waals surface area contributed by atoms with E-state index in [1.165, 1.54) is 16.5 Å². The van der Waals surface area contributed by atoms with Gasteiger partial charge in [0.2, 0.25) is 0 Å². The van der Waals surface area contributed by atoms with Gasteiger partial charge in [0.25, 0.3) is 0 Å². The highest BCUT2D eigenvalue weighted by Crippen LogP contribution is 2.22. The number of aliphatic hydroxyl groups excluding tert-OH is 1. The molecule has 96 valence electrons. The maximum absolute atomic E-state index is 8.83. The molecule has 2 rings (SSSR count). The van der Waals surface area contributed by atoms with Crippen molar-refractivity contribution >= 4 is 16.5 Å². The van der Waals surface area contributed by atoms with E-state index in [4.69, 9.17) is 5.11 Å². The lowest BCUT2D eigenvalue weighted by Gasteiger charge is -2.16. The molecule has 0 spiro atoms. The number of benzene rings is 2. The van der Waals surface area contributed by atoms with Crippen LogP contribution in [0.2, 0.25) is 0 Å². The van der Waals surface area contributed by atoms with Crippen LogP contribution < -0.4 is 5.32 Å². The highest BCUT2D eigenvalue weighted by Gasteiger charge is 2.00. The van der Waals surface area contributed by atoms with Gasteiger partial charge in [-0.15, -0.1) is 0 Å². The fraction of sp³-hybridized carbons (Fsp3) is 0.333. The third-order valence-corrected chi connectivity index (χ3v) is 3.08. The fourth-order valence-corrected chi connectivity index (χ4v) is 2.04. The van der Waals surface area contributed by atoms with Gasteiger partial charge in [0, 0.05) is 30.7 Å². The molecule has 0 heterocycles. The predicted molar refractivity (Wildman–Crippen MR) is 77.0 cm³/mol. The molecule has 0 saturated heterocycles. The molecule has 2 aromatic rings. The summed E-state index contributed by atoms with van der Waals surface area (Å²) in [5, 5.41) is 14.8. The van der Waals surface area contributed by atoms with Crippen LogP contribution in [0, 0.1) is 0 Å². The third kappa shape index (κ3) is 3.22. The van der Waals surface area contributed by atoms with Crippen molar-refractivity contribution in [2.24, 2.45) is 0 Å². The van der Waals surface area contributed by atoms with Gasteiger partial charge in [0.15, 0.2) is 0 Å². The Bertz CT molecular complexity index is 493. The molecule has 2 aromatic carbocycles. The Kier molecular flexibility index (Phi) is 4.56. The van der Waals surface area contributed by atoms with E-state index >= 15 is 0 Å². The van der Waals surface area contributed by atoms with Crippen molar-refractivity contribution in [3.63, 3.8) is 0 Å². The van der Waals surface area contributed by atoms with Crippen LogP contribution in [0.25, 0.3) is 10.8 Å². The zero-order chi connectivity index (χ0) is 12.8. The van der Waals surface area contributed by atoms with Crippen LogP contribution >= 0.6 is 0 Å². The Balaban J connectivity index is 1.99. The van der Waals surface area contributed by atoms with Crippen LogP contribution in [0.4, 0.5) is 5.69 Å². The lowest BCUT2D eigenvalue weighted by molar-refractivity contribution is 0.225. The summed E-state index contributed by atoms with van der Waals surface area (Å²) < 4.78 is 0. The van der Waals surface area contributed by atoms with Gasteiger partial charge in [-0.1, -0.05) is 36.4 Å². The number of hydrogen-bond donors (Lipinski definition) is 2. The van der Waals surface area contributed by atoms with Gasteiger partial charge in [0.05, 0.1) is 6.61 Å². The number of hydrogen-bond acceptors (Lipinski definition) is 3. The Hall–Kier alpha value is -1.58. The van der Waals surface area contributed by atoms with Crippen molar-refractivity contribution in [1.29, 1.82) is 0 Å². The summed E-state index contributed by atoms with van der Waals surface area (Å²) in [6.07, 6.45) is 0. The number of aliphatic hydroxyl groups is 1. The van der Waals surface area contributed by atoms with Crippen molar-refractivity contribution in [1.82, 2.24) is 4.90 Å². The van der Waals surface area contributed by atoms with E-state index in [2.05, 4.69) is 52.7 Å². The average Bonchev–Trinajstić information content (AvgIpc) is 2.39. The highest BCUT2D eigenvalue weighted by molar-refractivity contribution is 5.93. The van der Waals surface area contributed by atoms with Crippen molar-refractivity contribution in [3.8, 4) is 0 Å². The highest BCUT2D eigenvalue weighted by atomic mass is 16.3. The molecule has 18 heavy (non-hydrogen) atoms. The number of nitrogens with one attached hydrogen (secondary N) is 1. The Morgan fingerprint density at radius 1 is 1.06 bits per heavy atom. The summed E-state index contributed by atoms with van der Waals surface area (Å²) >= 11 is 0. The molecule has 3 nitrogen and oxygen atoms in total. The summed E-state index contributed by atoms with van der Waals surface area (Å²) in [5.41, 5.74) is 1.17. The first-order valence-corrected chi connectivity index (χ1v) is 6.32. The van der Waals surface area contributed by atoms with Crippen LogP contribution in [0.5, 0.6) is 0 Å². The quantitative estimate of drug-likeness (QED) is 0.817. The molecular weight excluding hydrogens is 224 g/mol. The molecule has 0 aromatic heterocycles. The maximum Gasteiger partial charge on any atom is 0.0558 e. The van der Waals surface area contributed by atoms with E-state index in [0.29, 0.717) is 0 Å². The third-order valence-electron chi connectivity index (χ3n) is 3.08. The molecule has 0 radical (unpaired) electrons. The lowest BCUT2D eigenvalue weighted by atomic mass is 10.1. The number of nitrogens with zero attached hydrogens (tertiary/aromatic N) is 1. The monoisotopic (exact) mass is 244 g/mol. The maximum atomic E-state index is 8.83. The summed E-state index contributed by atoms with van der Waals surface area (Å²) in [6, 6.07) is 14.7. The standard InChI is InChI=1S/C15H20N2O/c1-17(11-12-18)10-9-16-15-8-4-6-13-5-2-3-7-14(13)15/h2-8,16,18H,9-12H2,1H3. The normalized spacial score (nSPS) is 11.1. The first-order valence-electron chi connectivity index (χ1n) is 6.32. The van der Waals surface area contributed by atoms with E-state index in [0.717, 1.165) is 19.6 Å². The average molecular weight is 244 g/mol. The number of anilines is 1. The van der Waals surface area contributed by atoms with Gasteiger partial charge >= 0.3 is 0 Å². The lowest BCUT2D eigenvalue weighted by Crippen LogP contribution is -2.27. The first-order chi connectivity index (χ1) is 8.81. The van der Waals surface area contributed by atoms with Crippen molar-refractivity contribution in [2.45, 2.75) is 0 Å². The van der Waals surface area contributed by atoms with Crippen molar-refractivity contribution < 1.29 is 5.11 Å².